The lowest BCUT2D eigenvalue weighted by atomic mass is 10.1. The molecular formula is C21H28N2O2S2. The van der Waals surface area contributed by atoms with Gasteiger partial charge < -0.3 is 10.6 Å². The van der Waals surface area contributed by atoms with Crippen molar-refractivity contribution >= 4 is 34.9 Å². The number of benzene rings is 1. The van der Waals surface area contributed by atoms with E-state index in [9.17, 15) is 9.59 Å². The van der Waals surface area contributed by atoms with E-state index >= 15 is 0 Å². The highest BCUT2D eigenvalue weighted by Gasteiger charge is 2.23. The molecular weight excluding hydrogens is 376 g/mol. The summed E-state index contributed by atoms with van der Waals surface area (Å²) in [6, 6.07) is 8.88. The van der Waals surface area contributed by atoms with E-state index in [0.717, 1.165) is 16.9 Å². The zero-order chi connectivity index (χ0) is 20.0. The van der Waals surface area contributed by atoms with E-state index < -0.39 is 6.04 Å². The van der Waals surface area contributed by atoms with Gasteiger partial charge in [-0.2, -0.15) is 11.8 Å². The molecule has 4 nitrogen and oxygen atoms in total. The van der Waals surface area contributed by atoms with Gasteiger partial charge in [-0.25, -0.2) is 0 Å². The van der Waals surface area contributed by atoms with Gasteiger partial charge in [0.05, 0.1) is 6.04 Å². The van der Waals surface area contributed by atoms with Crippen molar-refractivity contribution in [2.75, 3.05) is 12.0 Å². The maximum Gasteiger partial charge on any atom is 0.251 e. The smallest absolute Gasteiger partial charge is 0.251 e. The Bertz CT molecular complexity index is 801. The molecule has 0 aliphatic heterocycles. The van der Waals surface area contributed by atoms with Crippen LogP contribution in [0.15, 0.2) is 30.3 Å². The van der Waals surface area contributed by atoms with Crippen LogP contribution in [0, 0.1) is 20.8 Å². The Hall–Kier alpha value is -1.79. The number of rotatable bonds is 8. The molecule has 27 heavy (non-hydrogen) atoms. The predicted molar refractivity (Wildman–Crippen MR) is 116 cm³/mol. The highest BCUT2D eigenvalue weighted by molar-refractivity contribution is 7.98. The van der Waals surface area contributed by atoms with Crippen molar-refractivity contribution in [3.8, 4) is 0 Å². The molecule has 0 aliphatic carbocycles. The van der Waals surface area contributed by atoms with Crippen molar-refractivity contribution in [2.24, 2.45) is 0 Å². The third-order valence-corrected chi connectivity index (χ3v) is 6.04. The molecule has 0 aliphatic rings. The Morgan fingerprint density at radius 3 is 2.48 bits per heavy atom. The molecule has 1 aromatic heterocycles. The lowest BCUT2D eigenvalue weighted by Gasteiger charge is -2.21. The molecule has 1 heterocycles. The zero-order valence-corrected chi connectivity index (χ0v) is 18.2. The molecule has 2 N–H and O–H groups in total. The third kappa shape index (κ3) is 6.11. The minimum Gasteiger partial charge on any atom is -0.348 e. The van der Waals surface area contributed by atoms with Crippen LogP contribution in [-0.4, -0.2) is 29.9 Å². The van der Waals surface area contributed by atoms with E-state index in [4.69, 9.17) is 0 Å². The van der Waals surface area contributed by atoms with Gasteiger partial charge in [0.1, 0.15) is 6.04 Å². The highest BCUT2D eigenvalue weighted by Crippen LogP contribution is 2.26. The topological polar surface area (TPSA) is 58.2 Å². The average molecular weight is 405 g/mol. The van der Waals surface area contributed by atoms with Crippen LogP contribution in [-0.2, 0) is 4.79 Å². The maximum atomic E-state index is 12.9. The van der Waals surface area contributed by atoms with Crippen molar-refractivity contribution in [3.05, 3.63) is 56.8 Å². The summed E-state index contributed by atoms with van der Waals surface area (Å²) in [5.41, 5.74) is 2.73. The average Bonchev–Trinajstić information content (AvgIpc) is 2.96. The summed E-state index contributed by atoms with van der Waals surface area (Å²) < 4.78 is 0. The number of hydrogen-bond donors (Lipinski definition) is 2. The molecule has 0 bridgehead atoms. The number of thioether (sulfide) groups is 1. The number of hydrogen-bond acceptors (Lipinski definition) is 4. The van der Waals surface area contributed by atoms with E-state index in [1.165, 1.54) is 9.75 Å². The van der Waals surface area contributed by atoms with Gasteiger partial charge in [-0.3, -0.25) is 9.59 Å². The Morgan fingerprint density at radius 1 is 1.15 bits per heavy atom. The first kappa shape index (κ1) is 21.5. The van der Waals surface area contributed by atoms with Crippen LogP contribution in [0.2, 0.25) is 0 Å². The Kier molecular flexibility index (Phi) is 7.92. The molecule has 0 unspecified atom stereocenters. The van der Waals surface area contributed by atoms with Crippen LogP contribution in [0.4, 0.5) is 0 Å². The van der Waals surface area contributed by atoms with Gasteiger partial charge in [0.25, 0.3) is 5.91 Å². The Morgan fingerprint density at radius 2 is 1.89 bits per heavy atom. The molecule has 2 atom stereocenters. The maximum absolute atomic E-state index is 12.9. The van der Waals surface area contributed by atoms with Gasteiger partial charge in [0.15, 0.2) is 0 Å². The molecule has 6 heteroatoms. The lowest BCUT2D eigenvalue weighted by Crippen LogP contribution is -2.47. The number of carbonyl (C=O) groups is 2. The van der Waals surface area contributed by atoms with E-state index in [2.05, 4.69) is 30.5 Å². The normalized spacial score (nSPS) is 13.1. The van der Waals surface area contributed by atoms with Crippen LogP contribution < -0.4 is 10.6 Å². The summed E-state index contributed by atoms with van der Waals surface area (Å²) >= 11 is 3.40. The first-order chi connectivity index (χ1) is 12.8. The molecule has 0 saturated carbocycles. The molecule has 0 spiro atoms. The number of aryl methyl sites for hydroxylation is 3. The van der Waals surface area contributed by atoms with E-state index in [1.807, 2.05) is 38.3 Å². The van der Waals surface area contributed by atoms with Crippen molar-refractivity contribution in [1.82, 2.24) is 10.6 Å². The molecule has 0 saturated heterocycles. The quantitative estimate of drug-likeness (QED) is 0.685. The van der Waals surface area contributed by atoms with Crippen LogP contribution in [0.3, 0.4) is 0 Å². The lowest BCUT2D eigenvalue weighted by molar-refractivity contribution is -0.123. The largest absolute Gasteiger partial charge is 0.348 e. The molecule has 1 aromatic carbocycles. The molecule has 146 valence electrons. The molecule has 2 rings (SSSR count). The summed E-state index contributed by atoms with van der Waals surface area (Å²) in [7, 11) is 0. The Balaban J connectivity index is 2.08. The second-order valence-electron chi connectivity index (χ2n) is 6.78. The second kappa shape index (κ2) is 9.95. The number of thiophene rings is 1. The first-order valence-electron chi connectivity index (χ1n) is 9.05. The fourth-order valence-corrected chi connectivity index (χ4v) is 4.50. The van der Waals surface area contributed by atoms with Gasteiger partial charge in [0, 0.05) is 15.3 Å². The minimum atomic E-state index is -0.548. The Labute approximate surface area is 170 Å². The standard InChI is InChI=1S/C21H28N2O2S2/c1-13-7-6-8-17(11-13)20(24)23-19(9-10-26-5)21(25)22-15(3)18-12-14(2)27-16(18)4/h6-8,11-12,15,19H,9-10H2,1-5H3,(H,22,25)(H,23,24)/t15-,19+/m1/s1. The fraction of sp³-hybridized carbons (Fsp3) is 0.429. The fourth-order valence-electron chi connectivity index (χ4n) is 3.00. The summed E-state index contributed by atoms with van der Waals surface area (Å²) in [4.78, 5) is 27.9. The number of nitrogens with one attached hydrogen (secondary N) is 2. The number of carbonyl (C=O) groups excluding carboxylic acids is 2. The van der Waals surface area contributed by atoms with Crippen LogP contribution >= 0.6 is 23.1 Å². The van der Waals surface area contributed by atoms with Crippen LogP contribution in [0.5, 0.6) is 0 Å². The summed E-state index contributed by atoms with van der Waals surface area (Å²) in [6.45, 7) is 8.07. The van der Waals surface area contributed by atoms with Gasteiger partial charge in [-0.05, 0) is 69.9 Å². The van der Waals surface area contributed by atoms with E-state index in [0.29, 0.717) is 12.0 Å². The van der Waals surface area contributed by atoms with Crippen LogP contribution in [0.25, 0.3) is 0 Å². The summed E-state index contributed by atoms with van der Waals surface area (Å²) in [5.74, 6) is 0.452. The van der Waals surface area contributed by atoms with Crippen molar-refractivity contribution in [2.45, 2.75) is 46.2 Å². The van der Waals surface area contributed by atoms with Gasteiger partial charge in [-0.15, -0.1) is 11.3 Å². The van der Waals surface area contributed by atoms with Crippen LogP contribution in [0.1, 0.15) is 50.6 Å². The molecule has 2 aromatic rings. The molecule has 0 radical (unpaired) electrons. The van der Waals surface area contributed by atoms with E-state index in [-0.39, 0.29) is 17.9 Å². The van der Waals surface area contributed by atoms with Crippen molar-refractivity contribution < 1.29 is 9.59 Å². The zero-order valence-electron chi connectivity index (χ0n) is 16.6. The highest BCUT2D eigenvalue weighted by atomic mass is 32.2. The van der Waals surface area contributed by atoms with Crippen molar-refractivity contribution in [1.29, 1.82) is 0 Å². The predicted octanol–water partition coefficient (Wildman–Crippen LogP) is 4.40. The third-order valence-electron chi connectivity index (χ3n) is 4.42. The first-order valence-corrected chi connectivity index (χ1v) is 11.3. The molecule has 0 fully saturated rings. The van der Waals surface area contributed by atoms with Crippen molar-refractivity contribution in [3.63, 3.8) is 0 Å². The second-order valence-corrected chi connectivity index (χ2v) is 9.22. The summed E-state index contributed by atoms with van der Waals surface area (Å²) in [5, 5.41) is 5.98. The SMILES string of the molecule is CSCC[C@H](NC(=O)c1cccc(C)c1)C(=O)N[C@H](C)c1cc(C)sc1C. The summed E-state index contributed by atoms with van der Waals surface area (Å²) in [6.07, 6.45) is 2.59. The van der Waals surface area contributed by atoms with Gasteiger partial charge in [0.2, 0.25) is 5.91 Å². The minimum absolute atomic E-state index is 0.0879. The monoisotopic (exact) mass is 404 g/mol. The molecule has 2 amide bonds. The van der Waals surface area contributed by atoms with E-state index in [1.54, 1.807) is 29.2 Å². The van der Waals surface area contributed by atoms with Gasteiger partial charge >= 0.3 is 0 Å². The van der Waals surface area contributed by atoms with Gasteiger partial charge in [-0.1, -0.05) is 17.7 Å². The number of amides is 2.